The fourth-order valence-corrected chi connectivity index (χ4v) is 2.36. The van der Waals surface area contributed by atoms with Crippen LogP contribution in [0.3, 0.4) is 0 Å². The summed E-state index contributed by atoms with van der Waals surface area (Å²) in [4.78, 5) is 0. The van der Waals surface area contributed by atoms with Gasteiger partial charge in [0, 0.05) is 6.07 Å². The van der Waals surface area contributed by atoms with Crippen LogP contribution in [-0.4, -0.2) is 0 Å². The minimum absolute atomic E-state index is 0.325. The van der Waals surface area contributed by atoms with Crippen molar-refractivity contribution < 1.29 is 9.13 Å². The number of nitrogen functional groups attached to an aromatic ring is 1. The van der Waals surface area contributed by atoms with E-state index >= 15 is 0 Å². The Morgan fingerprint density at radius 2 is 1.90 bits per heavy atom. The molecule has 2 aromatic carbocycles. The Hall–Kier alpha value is -1.30. The molecular formula is C16H17FINO. The third-order valence-corrected chi connectivity index (χ3v) is 3.85. The lowest BCUT2D eigenvalue weighted by atomic mass is 10.1. The van der Waals surface area contributed by atoms with Crippen LogP contribution in [0.25, 0.3) is 0 Å². The molecule has 0 fully saturated rings. The average Bonchev–Trinajstić information content (AvgIpc) is 2.44. The molecular weight excluding hydrogens is 368 g/mol. The van der Waals surface area contributed by atoms with Gasteiger partial charge in [-0.25, -0.2) is 4.39 Å². The number of halogens is 2. The molecule has 0 saturated heterocycles. The zero-order chi connectivity index (χ0) is 14.5. The average molecular weight is 385 g/mol. The molecule has 2 N–H and O–H groups in total. The molecule has 2 aromatic rings. The lowest BCUT2D eigenvalue weighted by Crippen LogP contribution is -1.95. The predicted molar refractivity (Wildman–Crippen MR) is 88.7 cm³/mol. The molecule has 0 radical (unpaired) electrons. The largest absolute Gasteiger partial charge is 0.455 e. The van der Waals surface area contributed by atoms with E-state index in [9.17, 15) is 4.39 Å². The van der Waals surface area contributed by atoms with E-state index in [1.54, 1.807) is 6.07 Å². The molecule has 0 aliphatic carbocycles. The molecule has 0 atom stereocenters. The van der Waals surface area contributed by atoms with Crippen LogP contribution in [0.15, 0.2) is 36.4 Å². The first kappa shape index (κ1) is 15.1. The van der Waals surface area contributed by atoms with Crippen LogP contribution in [-0.2, 0) is 6.42 Å². The molecule has 2 rings (SSSR count). The molecule has 20 heavy (non-hydrogen) atoms. The number of aryl methyl sites for hydroxylation is 1. The van der Waals surface area contributed by atoms with Gasteiger partial charge in [0.05, 0.1) is 9.26 Å². The van der Waals surface area contributed by atoms with Gasteiger partial charge < -0.3 is 10.5 Å². The van der Waals surface area contributed by atoms with Crippen molar-refractivity contribution in [1.29, 1.82) is 0 Å². The van der Waals surface area contributed by atoms with E-state index in [1.165, 1.54) is 24.5 Å². The Labute approximate surface area is 132 Å². The van der Waals surface area contributed by atoms with Crippen molar-refractivity contribution in [1.82, 2.24) is 0 Å². The lowest BCUT2D eigenvalue weighted by Gasteiger charge is -2.10. The number of hydrogen-bond acceptors (Lipinski definition) is 2. The molecule has 0 heterocycles. The van der Waals surface area contributed by atoms with Crippen molar-refractivity contribution >= 4 is 28.3 Å². The van der Waals surface area contributed by atoms with E-state index in [4.69, 9.17) is 10.5 Å². The first-order valence-electron chi connectivity index (χ1n) is 6.61. The van der Waals surface area contributed by atoms with E-state index in [0.29, 0.717) is 20.8 Å². The normalized spacial score (nSPS) is 10.6. The minimum Gasteiger partial charge on any atom is -0.455 e. The first-order chi connectivity index (χ1) is 9.60. The summed E-state index contributed by atoms with van der Waals surface area (Å²) in [5.41, 5.74) is 7.55. The van der Waals surface area contributed by atoms with E-state index < -0.39 is 0 Å². The fraction of sp³-hybridized carbons (Fsp3) is 0.250. The van der Waals surface area contributed by atoms with Gasteiger partial charge in [-0.1, -0.05) is 25.5 Å². The van der Waals surface area contributed by atoms with Gasteiger partial charge in [-0.05, 0) is 59.2 Å². The van der Waals surface area contributed by atoms with Crippen molar-refractivity contribution in [3.63, 3.8) is 0 Å². The molecule has 4 heteroatoms. The molecule has 0 bridgehead atoms. The van der Waals surface area contributed by atoms with Gasteiger partial charge in [0.15, 0.2) is 5.75 Å². The molecule has 0 amide bonds. The maximum Gasteiger partial charge on any atom is 0.153 e. The highest BCUT2D eigenvalue weighted by molar-refractivity contribution is 14.1. The van der Waals surface area contributed by atoms with Crippen molar-refractivity contribution in [3.8, 4) is 11.5 Å². The van der Waals surface area contributed by atoms with Gasteiger partial charge in [0.25, 0.3) is 0 Å². The number of rotatable bonds is 5. The molecule has 0 aliphatic rings. The van der Waals surface area contributed by atoms with Gasteiger partial charge in [-0.2, -0.15) is 0 Å². The second kappa shape index (κ2) is 6.92. The number of benzene rings is 2. The summed E-state index contributed by atoms with van der Waals surface area (Å²) in [5.74, 6) is 0.691. The van der Waals surface area contributed by atoms with Crippen molar-refractivity contribution in [2.45, 2.75) is 26.2 Å². The van der Waals surface area contributed by atoms with Crippen LogP contribution in [0.5, 0.6) is 11.5 Å². The zero-order valence-electron chi connectivity index (χ0n) is 11.3. The topological polar surface area (TPSA) is 35.2 Å². The number of unbranched alkanes of at least 4 members (excludes halogenated alkanes) is 1. The van der Waals surface area contributed by atoms with E-state index in [-0.39, 0.29) is 5.82 Å². The highest BCUT2D eigenvalue weighted by Gasteiger charge is 2.08. The Bertz CT molecular complexity index is 584. The molecule has 0 saturated carbocycles. The molecule has 2 nitrogen and oxygen atoms in total. The number of ether oxygens (including phenoxy) is 1. The summed E-state index contributed by atoms with van der Waals surface area (Å²) in [5, 5.41) is 0. The Morgan fingerprint density at radius 1 is 1.20 bits per heavy atom. The Kier molecular flexibility index (Phi) is 5.23. The van der Waals surface area contributed by atoms with Crippen LogP contribution in [0.2, 0.25) is 0 Å². The zero-order valence-corrected chi connectivity index (χ0v) is 13.5. The van der Waals surface area contributed by atoms with Gasteiger partial charge in [-0.15, -0.1) is 0 Å². The molecule has 0 unspecified atom stereocenters. The van der Waals surface area contributed by atoms with E-state index in [2.05, 4.69) is 6.92 Å². The van der Waals surface area contributed by atoms with Gasteiger partial charge >= 0.3 is 0 Å². The van der Waals surface area contributed by atoms with Crippen LogP contribution in [0.1, 0.15) is 25.3 Å². The summed E-state index contributed by atoms with van der Waals surface area (Å²) in [6, 6.07) is 10.7. The standard InChI is InChI=1S/C16H17FINO/c1-2-3-4-11-5-7-12(8-6-11)20-16-9-13(17)14(18)10-15(16)19/h5-10H,2-4,19H2,1H3. The summed E-state index contributed by atoms with van der Waals surface area (Å²) in [7, 11) is 0. The quantitative estimate of drug-likeness (QED) is 0.571. The highest BCUT2D eigenvalue weighted by Crippen LogP contribution is 2.30. The molecule has 0 aliphatic heterocycles. The number of nitrogens with two attached hydrogens (primary N) is 1. The summed E-state index contributed by atoms with van der Waals surface area (Å²) < 4.78 is 19.6. The smallest absolute Gasteiger partial charge is 0.153 e. The number of hydrogen-bond donors (Lipinski definition) is 1. The minimum atomic E-state index is -0.325. The van der Waals surface area contributed by atoms with Crippen molar-refractivity contribution in [2.24, 2.45) is 0 Å². The van der Waals surface area contributed by atoms with Gasteiger partial charge in [-0.3, -0.25) is 0 Å². The third-order valence-electron chi connectivity index (χ3n) is 3.02. The Balaban J connectivity index is 2.12. The van der Waals surface area contributed by atoms with Gasteiger partial charge in [0.1, 0.15) is 11.6 Å². The van der Waals surface area contributed by atoms with Crippen LogP contribution in [0, 0.1) is 9.39 Å². The lowest BCUT2D eigenvalue weighted by molar-refractivity contribution is 0.478. The Morgan fingerprint density at radius 3 is 2.55 bits per heavy atom. The molecule has 0 aromatic heterocycles. The SMILES string of the molecule is CCCCc1ccc(Oc2cc(F)c(I)cc2N)cc1. The first-order valence-corrected chi connectivity index (χ1v) is 7.69. The molecule has 0 spiro atoms. The van der Waals surface area contributed by atoms with E-state index in [0.717, 1.165) is 6.42 Å². The fourth-order valence-electron chi connectivity index (χ4n) is 1.86. The predicted octanol–water partition coefficient (Wildman–Crippen LogP) is 5.15. The highest BCUT2D eigenvalue weighted by atomic mass is 127. The maximum atomic E-state index is 13.5. The second-order valence-electron chi connectivity index (χ2n) is 4.65. The van der Waals surface area contributed by atoms with Crippen molar-refractivity contribution in [2.75, 3.05) is 5.73 Å². The molecule has 106 valence electrons. The van der Waals surface area contributed by atoms with E-state index in [1.807, 2.05) is 46.9 Å². The van der Waals surface area contributed by atoms with Gasteiger partial charge in [0.2, 0.25) is 0 Å². The van der Waals surface area contributed by atoms with Crippen LogP contribution >= 0.6 is 22.6 Å². The van der Waals surface area contributed by atoms with Crippen LogP contribution in [0.4, 0.5) is 10.1 Å². The third kappa shape index (κ3) is 3.85. The monoisotopic (exact) mass is 385 g/mol. The summed E-state index contributed by atoms with van der Waals surface area (Å²) in [6.07, 6.45) is 3.42. The summed E-state index contributed by atoms with van der Waals surface area (Å²) >= 11 is 1.90. The number of anilines is 1. The second-order valence-corrected chi connectivity index (χ2v) is 5.82. The maximum absolute atomic E-state index is 13.5. The van der Waals surface area contributed by atoms with Crippen LogP contribution < -0.4 is 10.5 Å². The van der Waals surface area contributed by atoms with Crippen molar-refractivity contribution in [3.05, 3.63) is 51.3 Å². The summed E-state index contributed by atoms with van der Waals surface area (Å²) in [6.45, 7) is 2.17.